The van der Waals surface area contributed by atoms with Crippen molar-refractivity contribution >= 4 is 32.7 Å². The third-order valence-electron chi connectivity index (χ3n) is 7.98. The van der Waals surface area contributed by atoms with Crippen molar-refractivity contribution in [3.63, 3.8) is 0 Å². The van der Waals surface area contributed by atoms with E-state index >= 15 is 0 Å². The summed E-state index contributed by atoms with van der Waals surface area (Å²) in [5.74, 6) is 0.204. The maximum Gasteiger partial charge on any atom is 0.338 e. The molecule has 0 spiro atoms. The monoisotopic (exact) mass is 659 g/mol. The first-order chi connectivity index (χ1) is 22.6. The van der Waals surface area contributed by atoms with Gasteiger partial charge in [0.05, 0.1) is 16.5 Å². The predicted molar refractivity (Wildman–Crippen MR) is 184 cm³/mol. The van der Waals surface area contributed by atoms with Gasteiger partial charge in [-0.25, -0.2) is 22.2 Å². The van der Waals surface area contributed by atoms with E-state index < -0.39 is 22.8 Å². The lowest BCUT2D eigenvalue weighted by atomic mass is 9.90. The molecule has 0 unspecified atom stereocenters. The average molecular weight is 660 g/mol. The summed E-state index contributed by atoms with van der Waals surface area (Å²) >= 11 is 0. The van der Waals surface area contributed by atoms with Crippen LogP contribution in [0, 0.1) is 6.92 Å². The Labute approximate surface area is 275 Å². The van der Waals surface area contributed by atoms with Crippen LogP contribution in [-0.4, -0.2) is 58.4 Å². The van der Waals surface area contributed by atoms with Crippen LogP contribution < -0.4 is 14.8 Å². The molecule has 0 N–H and O–H groups in total. The zero-order valence-corrected chi connectivity index (χ0v) is 28.3. The molecule has 3 aromatic carbocycles. The van der Waals surface area contributed by atoms with Gasteiger partial charge in [-0.05, 0) is 76.6 Å². The Balaban J connectivity index is 0.000000385. The number of halogens is 1. The highest BCUT2D eigenvalue weighted by Gasteiger charge is 2.23. The molecule has 0 atom stereocenters. The molecule has 0 bridgehead atoms. The molecule has 3 aromatic rings. The first kappa shape index (κ1) is 35.3. The summed E-state index contributed by atoms with van der Waals surface area (Å²) in [6, 6.07) is 25.6. The van der Waals surface area contributed by atoms with E-state index in [1.807, 2.05) is 19.1 Å². The molecule has 0 saturated heterocycles. The quantitative estimate of drug-likeness (QED) is 0.0697. The number of aryl methyl sites for hydroxylation is 1. The molecule has 0 amide bonds. The molecule has 1 aliphatic carbocycles. The van der Waals surface area contributed by atoms with Crippen LogP contribution in [0.5, 0.6) is 0 Å². The highest BCUT2D eigenvalue weighted by molar-refractivity contribution is 7.85. The van der Waals surface area contributed by atoms with Gasteiger partial charge in [0.25, 0.3) is 0 Å². The van der Waals surface area contributed by atoms with Gasteiger partial charge in [-0.15, -0.1) is 0 Å². The number of carbonyl (C=O) groups excluding carboxylic acids is 1. The second-order valence-corrected chi connectivity index (χ2v) is 12.2. The van der Waals surface area contributed by atoms with Crippen molar-refractivity contribution in [2.75, 3.05) is 44.4 Å². The highest BCUT2D eigenvalue weighted by Crippen LogP contribution is 2.42. The number of hydrogen-bond donors (Lipinski definition) is 0. The van der Waals surface area contributed by atoms with E-state index in [-0.39, 0.29) is 11.5 Å². The summed E-state index contributed by atoms with van der Waals surface area (Å²) in [7, 11) is -4.27. The summed E-state index contributed by atoms with van der Waals surface area (Å²) in [6.45, 7) is 12.9. The summed E-state index contributed by atoms with van der Waals surface area (Å²) < 4.78 is 57.9. The number of ether oxygens (including phenoxy) is 1. The van der Waals surface area contributed by atoms with E-state index in [0.717, 1.165) is 76.2 Å². The lowest BCUT2D eigenvalue weighted by Crippen LogP contribution is -2.29. The van der Waals surface area contributed by atoms with E-state index in [2.05, 4.69) is 73.6 Å². The number of carbonyl (C=O) groups is 1. The third-order valence-corrected chi connectivity index (χ3v) is 8.83. The van der Waals surface area contributed by atoms with Crippen LogP contribution in [0.4, 0.5) is 10.1 Å². The Morgan fingerprint density at radius 1 is 0.894 bits per heavy atom. The Morgan fingerprint density at radius 2 is 1.57 bits per heavy atom. The zero-order chi connectivity index (χ0) is 34.1. The number of esters is 1. The molecule has 0 aromatic heterocycles. The summed E-state index contributed by atoms with van der Waals surface area (Å²) in [5, 5.41) is 1.98. The van der Waals surface area contributed by atoms with Gasteiger partial charge >= 0.3 is 5.97 Å². The van der Waals surface area contributed by atoms with Crippen molar-refractivity contribution in [1.29, 1.82) is 0 Å². The molecule has 0 saturated carbocycles. The number of hydrogen-bond acceptors (Lipinski definition) is 7. The fourth-order valence-electron chi connectivity index (χ4n) is 5.52. The molecule has 10 heteroatoms. The molecule has 5 rings (SSSR count). The largest absolute Gasteiger partial charge is 0.744 e. The van der Waals surface area contributed by atoms with E-state index in [1.54, 1.807) is 24.3 Å². The minimum absolute atomic E-state index is 0.178. The minimum atomic E-state index is -4.27. The van der Waals surface area contributed by atoms with Gasteiger partial charge < -0.3 is 18.6 Å². The lowest BCUT2D eigenvalue weighted by molar-refractivity contribution is 0.0482. The van der Waals surface area contributed by atoms with Gasteiger partial charge in [-0.2, -0.15) is 0 Å². The topological polar surface area (TPSA) is 103 Å². The molecule has 0 fully saturated rings. The number of fused-ring (bicyclic) bond motifs is 2. The molecular formula is C37H41FN2O6S. The molecule has 248 valence electrons. The Kier molecular flexibility index (Phi) is 11.9. The number of benzene rings is 4. The fraction of sp³-hybridized carbons (Fsp3) is 0.297. The van der Waals surface area contributed by atoms with Gasteiger partial charge in [0.15, 0.2) is 0 Å². The van der Waals surface area contributed by atoms with E-state index in [0.29, 0.717) is 5.56 Å². The third kappa shape index (κ3) is 8.25. The SMILES string of the molecule is CCN(CC)c1ccc2c(-c3ccccc3C(=O)OCC[18F])c3ccc(=[N+](CC)CC)cc-3oc2c1.Cc1ccc(S(=O)(=O)[O-])cc1. The van der Waals surface area contributed by atoms with Crippen LogP contribution in [0.1, 0.15) is 43.6 Å². The number of alkyl halides is 1. The van der Waals surface area contributed by atoms with Gasteiger partial charge in [-0.1, -0.05) is 35.9 Å². The first-order valence-corrected chi connectivity index (χ1v) is 17.2. The van der Waals surface area contributed by atoms with Gasteiger partial charge in [-0.3, -0.25) is 0 Å². The van der Waals surface area contributed by atoms with Gasteiger partial charge in [0.1, 0.15) is 47.8 Å². The standard InChI is InChI=1S/C30H34FN2O3.C7H8O3S/c1-5-32(6-2)21-13-15-25-27(19-21)36-28-20-22(33(7-3)8-4)14-16-26(28)29(25)23-11-9-10-12-24(23)30(34)35-18-17-31;1-6-2-4-7(5-3-6)11(8,9)10/h9-16,19-20H,5-8,17-18H2,1-4H3;2-5H,1H3,(H,8,9,10)/q+1;/p-1/i31-1;. The number of anilines is 1. The Morgan fingerprint density at radius 3 is 2.19 bits per heavy atom. The molecule has 1 aliphatic heterocycles. The minimum Gasteiger partial charge on any atom is -0.744 e. The molecule has 0 radical (unpaired) electrons. The molecule has 1 heterocycles. The van der Waals surface area contributed by atoms with Crippen LogP contribution in [0.3, 0.4) is 0 Å². The maximum absolute atomic E-state index is 12.9. The van der Waals surface area contributed by atoms with E-state index in [4.69, 9.17) is 9.15 Å². The number of rotatable bonds is 10. The van der Waals surface area contributed by atoms with Crippen molar-refractivity contribution in [2.24, 2.45) is 0 Å². The molecule has 8 nitrogen and oxygen atoms in total. The zero-order valence-electron chi connectivity index (χ0n) is 27.5. The Hall–Kier alpha value is -4.54. The van der Waals surface area contributed by atoms with Crippen molar-refractivity contribution < 1.29 is 31.3 Å². The first-order valence-electron chi connectivity index (χ1n) is 15.7. The van der Waals surface area contributed by atoms with Gasteiger partial charge in [0, 0.05) is 47.4 Å². The van der Waals surface area contributed by atoms with Crippen LogP contribution in [0.2, 0.25) is 0 Å². The van der Waals surface area contributed by atoms with Crippen LogP contribution >= 0.6 is 0 Å². The summed E-state index contributed by atoms with van der Waals surface area (Å²) in [4.78, 5) is 15.0. The second kappa shape index (κ2) is 15.8. The van der Waals surface area contributed by atoms with Gasteiger partial charge in [0.2, 0.25) is 5.36 Å². The number of nitrogens with zero attached hydrogens (tertiary/aromatic N) is 2. The summed E-state index contributed by atoms with van der Waals surface area (Å²) in [5.41, 5.74) is 5.69. The fourth-order valence-corrected chi connectivity index (χ4v) is 5.99. The van der Waals surface area contributed by atoms with Crippen molar-refractivity contribution in [1.82, 2.24) is 4.58 Å². The van der Waals surface area contributed by atoms with E-state index in [1.165, 1.54) is 12.1 Å². The predicted octanol–water partition coefficient (Wildman–Crippen LogP) is 6.89. The lowest BCUT2D eigenvalue weighted by Gasteiger charge is -2.22. The van der Waals surface area contributed by atoms with Crippen LogP contribution in [0.25, 0.3) is 33.4 Å². The normalized spacial score (nSPS) is 11.2. The molecule has 2 aliphatic rings. The van der Waals surface area contributed by atoms with Crippen LogP contribution in [-0.2, 0) is 14.9 Å². The Bertz CT molecular complexity index is 1980. The average Bonchev–Trinajstić information content (AvgIpc) is 3.07. The summed E-state index contributed by atoms with van der Waals surface area (Å²) in [6.07, 6.45) is 0. The maximum atomic E-state index is 12.9. The smallest absolute Gasteiger partial charge is 0.338 e. The van der Waals surface area contributed by atoms with Crippen LogP contribution in [0.15, 0.2) is 94.2 Å². The highest BCUT2D eigenvalue weighted by atomic mass is 32.2. The molecule has 47 heavy (non-hydrogen) atoms. The van der Waals surface area contributed by atoms with E-state index in [9.17, 15) is 22.2 Å². The van der Waals surface area contributed by atoms with Crippen molar-refractivity contribution in [3.8, 4) is 22.5 Å². The van der Waals surface area contributed by atoms with Crippen molar-refractivity contribution in [2.45, 2.75) is 39.5 Å². The second-order valence-electron chi connectivity index (χ2n) is 10.8. The molecular weight excluding hydrogens is 618 g/mol. The van der Waals surface area contributed by atoms with Crippen molar-refractivity contribution in [3.05, 3.63) is 101 Å².